The van der Waals surface area contributed by atoms with Crippen LogP contribution in [0.1, 0.15) is 16.6 Å². The molecule has 0 bridgehead atoms. The molecule has 3 rings (SSSR count). The van der Waals surface area contributed by atoms with Crippen LogP contribution in [0.2, 0.25) is 0 Å². The lowest BCUT2D eigenvalue weighted by Gasteiger charge is -2.09. The van der Waals surface area contributed by atoms with Crippen LogP contribution in [0.25, 0.3) is 27.1 Å². The molecule has 1 heterocycles. The van der Waals surface area contributed by atoms with Crippen LogP contribution in [-0.2, 0) is 4.74 Å². The number of nitrogens with zero attached hydrogens (tertiary/aromatic N) is 1. The highest BCUT2D eigenvalue weighted by molar-refractivity contribution is 14.1. The number of carbonyl (C=O) groups is 1. The van der Waals surface area contributed by atoms with Crippen LogP contribution in [0.4, 0.5) is 5.69 Å². The first-order valence-corrected chi connectivity index (χ1v) is 11.3. The third-order valence-corrected chi connectivity index (χ3v) is 6.92. The van der Waals surface area contributed by atoms with Gasteiger partial charge in [-0.2, -0.15) is 0 Å². The van der Waals surface area contributed by atoms with Crippen molar-refractivity contribution in [1.82, 2.24) is 0 Å². The zero-order valence-electron chi connectivity index (χ0n) is 14.8. The van der Waals surface area contributed by atoms with Gasteiger partial charge in [0.25, 0.3) is 0 Å². The van der Waals surface area contributed by atoms with Crippen LogP contribution >= 0.6 is 45.7 Å². The summed E-state index contributed by atoms with van der Waals surface area (Å²) in [6.45, 7) is 9.62. The minimum absolute atomic E-state index is 0.310. The summed E-state index contributed by atoms with van der Waals surface area (Å²) in [4.78, 5) is 17.7. The molecule has 0 fully saturated rings. The molecule has 27 heavy (non-hydrogen) atoms. The van der Waals surface area contributed by atoms with Gasteiger partial charge in [-0.3, -0.25) is 0 Å². The molecular formula is C21H16INO2S2. The Morgan fingerprint density at radius 3 is 2.48 bits per heavy atom. The zero-order valence-corrected chi connectivity index (χ0v) is 18.6. The van der Waals surface area contributed by atoms with Crippen molar-refractivity contribution in [2.75, 3.05) is 12.9 Å². The number of carbonyl (C=O) groups excluding carboxylic acids is 1. The number of hydrogen-bond acceptors (Lipinski definition) is 4. The lowest BCUT2D eigenvalue weighted by atomic mass is 10.00. The standard InChI is InChI=1S/C21H16INO2S2/c1-4-25-21(24)19-17(18(23-2)20(22)27-19)14-11-9-13(10-12-14)15-7-5-6-8-16(15)26-3/h5-12H,4H2,1,3H3. The van der Waals surface area contributed by atoms with Crippen molar-refractivity contribution in [1.29, 1.82) is 0 Å². The molecule has 0 N–H and O–H groups in total. The molecule has 0 aliphatic carbocycles. The monoisotopic (exact) mass is 505 g/mol. The minimum atomic E-state index is -0.373. The smallest absolute Gasteiger partial charge is 0.347 e. The van der Waals surface area contributed by atoms with Gasteiger partial charge in [-0.15, -0.1) is 23.1 Å². The van der Waals surface area contributed by atoms with Crippen LogP contribution in [0, 0.1) is 9.46 Å². The molecule has 0 unspecified atom stereocenters. The Hall–Kier alpha value is -1.82. The molecule has 0 saturated carbocycles. The van der Waals surface area contributed by atoms with Gasteiger partial charge in [-0.1, -0.05) is 42.5 Å². The Bertz CT molecular complexity index is 1020. The molecule has 0 aliphatic rings. The fraction of sp³-hybridized carbons (Fsp3) is 0.143. The second-order valence-electron chi connectivity index (χ2n) is 5.54. The quantitative estimate of drug-likeness (QED) is 0.160. The number of ether oxygens (including phenoxy) is 1. The molecule has 0 atom stereocenters. The van der Waals surface area contributed by atoms with E-state index in [9.17, 15) is 4.79 Å². The Morgan fingerprint density at radius 1 is 1.19 bits per heavy atom. The topological polar surface area (TPSA) is 30.7 Å². The van der Waals surface area contributed by atoms with Crippen LogP contribution in [0.5, 0.6) is 0 Å². The summed E-state index contributed by atoms with van der Waals surface area (Å²) in [5, 5.41) is 0. The normalized spacial score (nSPS) is 10.4. The third-order valence-electron chi connectivity index (χ3n) is 4.01. The average Bonchev–Trinajstić information content (AvgIpc) is 3.04. The van der Waals surface area contributed by atoms with Crippen molar-refractivity contribution in [2.45, 2.75) is 11.8 Å². The molecule has 0 spiro atoms. The van der Waals surface area contributed by atoms with Gasteiger partial charge in [-0.05, 0) is 58.5 Å². The second-order valence-corrected chi connectivity index (χ2v) is 9.22. The van der Waals surface area contributed by atoms with Crippen LogP contribution in [0.3, 0.4) is 0 Å². The maximum absolute atomic E-state index is 12.4. The molecule has 3 nitrogen and oxygen atoms in total. The Kier molecular flexibility index (Phi) is 6.58. The van der Waals surface area contributed by atoms with Crippen molar-refractivity contribution < 1.29 is 9.53 Å². The van der Waals surface area contributed by atoms with Crippen LogP contribution in [-0.4, -0.2) is 18.8 Å². The Labute approximate surface area is 180 Å². The highest BCUT2D eigenvalue weighted by atomic mass is 127. The number of hydrogen-bond donors (Lipinski definition) is 0. The molecule has 3 aromatic rings. The number of thiophene rings is 1. The largest absolute Gasteiger partial charge is 0.462 e. The molecule has 1 aromatic heterocycles. The SMILES string of the molecule is [C-]#[N+]c1c(I)sc(C(=O)OCC)c1-c1ccc(-c2ccccc2SC)cc1. The highest BCUT2D eigenvalue weighted by Crippen LogP contribution is 2.44. The number of benzene rings is 2. The number of esters is 1. The minimum Gasteiger partial charge on any atom is -0.462 e. The summed E-state index contributed by atoms with van der Waals surface area (Å²) < 4.78 is 5.99. The zero-order chi connectivity index (χ0) is 19.4. The van der Waals surface area contributed by atoms with Crippen LogP contribution in [0.15, 0.2) is 53.4 Å². The summed E-state index contributed by atoms with van der Waals surface area (Å²) in [7, 11) is 0. The van der Waals surface area contributed by atoms with Crippen molar-refractivity contribution in [3.05, 3.63) is 67.7 Å². The molecule has 0 radical (unpaired) electrons. The van der Waals surface area contributed by atoms with Crippen molar-refractivity contribution in [3.8, 4) is 22.3 Å². The fourth-order valence-corrected chi connectivity index (χ4v) is 5.36. The van der Waals surface area contributed by atoms with Gasteiger partial charge in [0.05, 0.1) is 16.1 Å². The predicted molar refractivity (Wildman–Crippen MR) is 122 cm³/mol. The number of rotatable bonds is 5. The fourth-order valence-electron chi connectivity index (χ4n) is 2.80. The first-order valence-electron chi connectivity index (χ1n) is 8.21. The van der Waals surface area contributed by atoms with Gasteiger partial charge in [0, 0.05) is 10.5 Å². The van der Waals surface area contributed by atoms with Crippen molar-refractivity contribution in [2.24, 2.45) is 0 Å². The van der Waals surface area contributed by atoms with Crippen molar-refractivity contribution >= 4 is 57.3 Å². The lowest BCUT2D eigenvalue weighted by Crippen LogP contribution is -2.03. The van der Waals surface area contributed by atoms with E-state index in [1.54, 1.807) is 18.7 Å². The predicted octanol–water partition coefficient (Wildman–Crippen LogP) is 7.14. The summed E-state index contributed by atoms with van der Waals surface area (Å²) in [5.41, 5.74) is 4.32. The summed E-state index contributed by atoms with van der Waals surface area (Å²) in [6.07, 6.45) is 2.06. The third kappa shape index (κ3) is 4.05. The van der Waals surface area contributed by atoms with E-state index in [-0.39, 0.29) is 5.97 Å². The molecule has 0 amide bonds. The second kappa shape index (κ2) is 8.91. The van der Waals surface area contributed by atoms with Crippen molar-refractivity contribution in [3.63, 3.8) is 0 Å². The molecule has 136 valence electrons. The van der Waals surface area contributed by atoms with Gasteiger partial charge < -0.3 is 4.74 Å². The van der Waals surface area contributed by atoms with E-state index in [2.05, 4.69) is 45.8 Å². The van der Waals surface area contributed by atoms with Crippen LogP contribution < -0.4 is 0 Å². The molecule has 6 heteroatoms. The summed E-state index contributed by atoms with van der Waals surface area (Å²) >= 11 is 5.14. The van der Waals surface area contributed by atoms with E-state index in [0.717, 1.165) is 14.0 Å². The van der Waals surface area contributed by atoms with Gasteiger partial charge in [0.15, 0.2) is 0 Å². The maximum atomic E-state index is 12.4. The van der Waals surface area contributed by atoms with Gasteiger partial charge >= 0.3 is 5.97 Å². The first-order chi connectivity index (χ1) is 13.1. The highest BCUT2D eigenvalue weighted by Gasteiger charge is 2.24. The molecule has 0 aliphatic heterocycles. The van der Waals surface area contributed by atoms with E-state index in [0.29, 0.717) is 22.7 Å². The van der Waals surface area contributed by atoms with E-state index in [1.807, 2.05) is 36.4 Å². The lowest BCUT2D eigenvalue weighted by molar-refractivity contribution is 0.0533. The number of halogens is 1. The first kappa shape index (κ1) is 19.9. The average molecular weight is 505 g/mol. The van der Waals surface area contributed by atoms with Gasteiger partial charge in [-0.25, -0.2) is 9.64 Å². The van der Waals surface area contributed by atoms with E-state index >= 15 is 0 Å². The van der Waals surface area contributed by atoms with E-state index < -0.39 is 0 Å². The van der Waals surface area contributed by atoms with E-state index in [4.69, 9.17) is 11.3 Å². The molecule has 2 aromatic carbocycles. The van der Waals surface area contributed by atoms with E-state index in [1.165, 1.54) is 21.8 Å². The summed E-state index contributed by atoms with van der Waals surface area (Å²) in [6, 6.07) is 16.3. The van der Waals surface area contributed by atoms with Gasteiger partial charge in [0.1, 0.15) is 4.88 Å². The Morgan fingerprint density at radius 2 is 1.85 bits per heavy atom. The number of thioether (sulfide) groups is 1. The molecular weight excluding hydrogens is 489 g/mol. The maximum Gasteiger partial charge on any atom is 0.347 e. The van der Waals surface area contributed by atoms with Gasteiger partial charge in [0.2, 0.25) is 5.69 Å². The molecule has 0 saturated heterocycles. The summed E-state index contributed by atoms with van der Waals surface area (Å²) in [5.74, 6) is -0.373. The Balaban J connectivity index is 2.08.